The van der Waals surface area contributed by atoms with Crippen LogP contribution in [0.15, 0.2) is 16.7 Å². The summed E-state index contributed by atoms with van der Waals surface area (Å²) >= 11 is 3.32. The SMILES string of the molecule is CNc1ncc(Br)cc1NCC(C=O)CO. The maximum atomic E-state index is 10.5. The van der Waals surface area contributed by atoms with Crippen molar-refractivity contribution in [3.8, 4) is 0 Å². The van der Waals surface area contributed by atoms with E-state index in [-0.39, 0.29) is 6.61 Å². The molecule has 1 aromatic rings. The maximum Gasteiger partial charge on any atom is 0.149 e. The van der Waals surface area contributed by atoms with E-state index in [4.69, 9.17) is 5.11 Å². The van der Waals surface area contributed by atoms with Crippen LogP contribution in [0.25, 0.3) is 0 Å². The van der Waals surface area contributed by atoms with Crippen LogP contribution in [0.2, 0.25) is 0 Å². The molecule has 0 saturated carbocycles. The molecule has 0 spiro atoms. The van der Waals surface area contributed by atoms with Gasteiger partial charge in [0.25, 0.3) is 0 Å². The third kappa shape index (κ3) is 3.46. The highest BCUT2D eigenvalue weighted by molar-refractivity contribution is 9.10. The van der Waals surface area contributed by atoms with Crippen molar-refractivity contribution < 1.29 is 9.90 Å². The number of carbonyl (C=O) groups is 1. The van der Waals surface area contributed by atoms with Crippen molar-refractivity contribution in [1.29, 1.82) is 0 Å². The van der Waals surface area contributed by atoms with E-state index in [1.54, 1.807) is 13.2 Å². The topological polar surface area (TPSA) is 74.2 Å². The van der Waals surface area contributed by atoms with Crippen molar-refractivity contribution in [1.82, 2.24) is 4.98 Å². The first kappa shape index (κ1) is 12.9. The second-order valence-corrected chi connectivity index (χ2v) is 4.18. The minimum absolute atomic E-state index is 0.160. The molecule has 0 bridgehead atoms. The van der Waals surface area contributed by atoms with E-state index in [9.17, 15) is 4.79 Å². The van der Waals surface area contributed by atoms with E-state index in [1.165, 1.54) is 0 Å². The second-order valence-electron chi connectivity index (χ2n) is 3.26. The second kappa shape index (κ2) is 6.44. The lowest BCUT2D eigenvalue weighted by Gasteiger charge is -2.13. The van der Waals surface area contributed by atoms with Crippen molar-refractivity contribution in [2.75, 3.05) is 30.8 Å². The molecule has 0 aliphatic rings. The third-order valence-corrected chi connectivity index (χ3v) is 2.51. The van der Waals surface area contributed by atoms with Crippen molar-refractivity contribution >= 4 is 33.7 Å². The van der Waals surface area contributed by atoms with Crippen molar-refractivity contribution in [2.45, 2.75) is 0 Å². The molecule has 0 radical (unpaired) electrons. The van der Waals surface area contributed by atoms with Crippen LogP contribution in [-0.4, -0.2) is 36.6 Å². The Bertz CT molecular complexity index is 360. The minimum atomic E-state index is -0.399. The first-order valence-corrected chi connectivity index (χ1v) is 5.64. The highest BCUT2D eigenvalue weighted by atomic mass is 79.9. The number of aliphatic hydroxyl groups excluding tert-OH is 1. The Balaban J connectivity index is 2.71. The standard InChI is InChI=1S/C10H14BrN3O2/c1-12-10-9(2-8(11)4-14-10)13-3-7(5-15)6-16/h2,4-5,7,13,16H,3,6H2,1H3,(H,12,14). The predicted octanol–water partition coefficient (Wildman–Crippen LogP) is 1.11. The summed E-state index contributed by atoms with van der Waals surface area (Å²) in [4.78, 5) is 14.7. The number of halogens is 1. The van der Waals surface area contributed by atoms with E-state index < -0.39 is 5.92 Å². The molecule has 1 unspecified atom stereocenters. The first-order valence-electron chi connectivity index (χ1n) is 4.84. The fraction of sp³-hybridized carbons (Fsp3) is 0.400. The minimum Gasteiger partial charge on any atom is -0.396 e. The third-order valence-electron chi connectivity index (χ3n) is 2.07. The van der Waals surface area contributed by atoms with Gasteiger partial charge in [0, 0.05) is 24.3 Å². The number of hydrogen-bond acceptors (Lipinski definition) is 5. The van der Waals surface area contributed by atoms with Gasteiger partial charge in [0.05, 0.1) is 18.2 Å². The molecule has 0 fully saturated rings. The number of carbonyl (C=O) groups excluding carboxylic acids is 1. The molecule has 6 heteroatoms. The van der Waals surface area contributed by atoms with Crippen LogP contribution in [0.4, 0.5) is 11.5 Å². The van der Waals surface area contributed by atoms with Gasteiger partial charge in [-0.05, 0) is 22.0 Å². The van der Waals surface area contributed by atoms with Gasteiger partial charge in [0.1, 0.15) is 12.1 Å². The Morgan fingerprint density at radius 1 is 1.69 bits per heavy atom. The molecule has 88 valence electrons. The van der Waals surface area contributed by atoms with Crippen LogP contribution >= 0.6 is 15.9 Å². The van der Waals surface area contributed by atoms with Crippen LogP contribution < -0.4 is 10.6 Å². The Labute approximate surface area is 102 Å². The van der Waals surface area contributed by atoms with Gasteiger partial charge in [-0.15, -0.1) is 0 Å². The van der Waals surface area contributed by atoms with Gasteiger partial charge >= 0.3 is 0 Å². The number of pyridine rings is 1. The lowest BCUT2D eigenvalue weighted by molar-refractivity contribution is -0.111. The molecule has 16 heavy (non-hydrogen) atoms. The van der Waals surface area contributed by atoms with Gasteiger partial charge in [0.15, 0.2) is 0 Å². The van der Waals surface area contributed by atoms with Crippen LogP contribution in [0.5, 0.6) is 0 Å². The molecule has 0 aromatic carbocycles. The summed E-state index contributed by atoms with van der Waals surface area (Å²) in [5.41, 5.74) is 0.789. The van der Waals surface area contributed by atoms with E-state index in [0.717, 1.165) is 16.4 Å². The smallest absolute Gasteiger partial charge is 0.149 e. The number of hydrogen-bond donors (Lipinski definition) is 3. The monoisotopic (exact) mass is 287 g/mol. The normalized spacial score (nSPS) is 11.9. The van der Waals surface area contributed by atoms with Crippen LogP contribution in [0.3, 0.4) is 0 Å². The summed E-state index contributed by atoms with van der Waals surface area (Å²) in [6.07, 6.45) is 2.41. The molecular formula is C10H14BrN3O2. The molecule has 0 amide bonds. The fourth-order valence-electron chi connectivity index (χ4n) is 1.17. The van der Waals surface area contributed by atoms with E-state index in [1.807, 2.05) is 6.07 Å². The van der Waals surface area contributed by atoms with E-state index >= 15 is 0 Å². The molecule has 1 heterocycles. The Morgan fingerprint density at radius 2 is 2.44 bits per heavy atom. The summed E-state index contributed by atoms with van der Waals surface area (Å²) < 4.78 is 0.848. The number of anilines is 2. The molecular weight excluding hydrogens is 274 g/mol. The zero-order valence-electron chi connectivity index (χ0n) is 8.90. The number of rotatable bonds is 6. The zero-order valence-corrected chi connectivity index (χ0v) is 10.5. The quantitative estimate of drug-likeness (QED) is 0.684. The number of aldehydes is 1. The average molecular weight is 288 g/mol. The maximum absolute atomic E-state index is 10.5. The Kier molecular flexibility index (Phi) is 5.21. The predicted molar refractivity (Wildman–Crippen MR) is 66.6 cm³/mol. The van der Waals surface area contributed by atoms with Gasteiger partial charge < -0.3 is 20.5 Å². The van der Waals surface area contributed by atoms with E-state index in [0.29, 0.717) is 12.4 Å². The molecule has 3 N–H and O–H groups in total. The molecule has 0 aliphatic carbocycles. The summed E-state index contributed by atoms with van der Waals surface area (Å²) in [6.45, 7) is 0.222. The number of nitrogens with zero attached hydrogens (tertiary/aromatic N) is 1. The largest absolute Gasteiger partial charge is 0.396 e. The molecule has 1 aromatic heterocycles. The Morgan fingerprint density at radius 3 is 3.00 bits per heavy atom. The molecule has 5 nitrogen and oxygen atoms in total. The zero-order chi connectivity index (χ0) is 12.0. The van der Waals surface area contributed by atoms with Gasteiger partial charge in [-0.25, -0.2) is 4.98 Å². The molecule has 0 aliphatic heterocycles. The Hall–Kier alpha value is -1.14. The van der Waals surface area contributed by atoms with Gasteiger partial charge in [0.2, 0.25) is 0 Å². The van der Waals surface area contributed by atoms with Crippen molar-refractivity contribution in [3.05, 3.63) is 16.7 Å². The summed E-state index contributed by atoms with van der Waals surface area (Å²) in [5, 5.41) is 14.9. The summed E-state index contributed by atoms with van der Waals surface area (Å²) in [6, 6.07) is 1.86. The summed E-state index contributed by atoms with van der Waals surface area (Å²) in [5.74, 6) is 0.300. The fourth-order valence-corrected chi connectivity index (χ4v) is 1.50. The van der Waals surface area contributed by atoms with Crippen molar-refractivity contribution in [2.24, 2.45) is 5.92 Å². The number of aromatic nitrogens is 1. The molecule has 1 rings (SSSR count). The van der Waals surface area contributed by atoms with Crippen LogP contribution in [-0.2, 0) is 4.79 Å². The highest BCUT2D eigenvalue weighted by Gasteiger charge is 2.08. The number of aliphatic hydroxyl groups is 1. The van der Waals surface area contributed by atoms with Crippen molar-refractivity contribution in [3.63, 3.8) is 0 Å². The molecule has 0 saturated heterocycles. The van der Waals surface area contributed by atoms with Gasteiger partial charge in [-0.2, -0.15) is 0 Å². The first-order chi connectivity index (χ1) is 7.71. The molecule has 1 atom stereocenters. The van der Waals surface area contributed by atoms with Crippen LogP contribution in [0.1, 0.15) is 0 Å². The lowest BCUT2D eigenvalue weighted by atomic mass is 10.2. The lowest BCUT2D eigenvalue weighted by Crippen LogP contribution is -2.19. The average Bonchev–Trinajstić information content (AvgIpc) is 2.30. The highest BCUT2D eigenvalue weighted by Crippen LogP contribution is 2.22. The van der Waals surface area contributed by atoms with Gasteiger partial charge in [-0.1, -0.05) is 0 Å². The van der Waals surface area contributed by atoms with E-state index in [2.05, 4.69) is 31.5 Å². The van der Waals surface area contributed by atoms with Gasteiger partial charge in [-0.3, -0.25) is 0 Å². The van der Waals surface area contributed by atoms with Crippen LogP contribution in [0, 0.1) is 5.92 Å². The summed E-state index contributed by atoms with van der Waals surface area (Å²) in [7, 11) is 1.77. The number of nitrogens with one attached hydrogen (secondary N) is 2.